The molecule has 3 fully saturated rings. The molecule has 7 rings (SSSR count). The van der Waals surface area contributed by atoms with E-state index >= 15 is 0 Å². The van der Waals surface area contributed by atoms with Gasteiger partial charge in [0.05, 0.1) is 35.9 Å². The van der Waals surface area contributed by atoms with Crippen molar-refractivity contribution in [2.24, 2.45) is 39.2 Å². The first kappa shape index (κ1) is 50.0. The zero-order chi connectivity index (χ0) is 48.2. The highest BCUT2D eigenvalue weighted by Crippen LogP contribution is 2.46. The highest BCUT2D eigenvalue weighted by atomic mass is 32.1. The largest absolute Gasteiger partial charge is 0.458 e. The Hall–Kier alpha value is -4.91. The molecule has 0 aliphatic carbocycles. The van der Waals surface area contributed by atoms with Gasteiger partial charge < -0.3 is 33.8 Å². The maximum Gasteiger partial charge on any atom is 0.410 e. The van der Waals surface area contributed by atoms with E-state index in [1.807, 2.05) is 82.3 Å². The van der Waals surface area contributed by atoms with Crippen molar-refractivity contribution in [2.45, 2.75) is 129 Å². The van der Waals surface area contributed by atoms with E-state index in [4.69, 9.17) is 28.8 Å². The summed E-state index contributed by atoms with van der Waals surface area (Å²) in [5.41, 5.74) is -0.0385. The third kappa shape index (κ3) is 10.7. The number of likely N-dealkylation sites (N-methyl/N-ethyl adjacent to an activating group) is 1. The number of thiophene rings is 1. The van der Waals surface area contributed by atoms with E-state index in [0.717, 1.165) is 21.0 Å². The Balaban J connectivity index is 1.18. The van der Waals surface area contributed by atoms with Crippen molar-refractivity contribution in [1.29, 1.82) is 0 Å². The summed E-state index contributed by atoms with van der Waals surface area (Å²) >= 11 is 1.48. The number of oxime groups is 1. The van der Waals surface area contributed by atoms with Gasteiger partial charge in [0, 0.05) is 46.8 Å². The molecule has 0 unspecified atom stereocenters. The van der Waals surface area contributed by atoms with Gasteiger partial charge in [-0.25, -0.2) is 4.79 Å². The van der Waals surface area contributed by atoms with Gasteiger partial charge in [0.1, 0.15) is 24.7 Å². The number of nitrogens with zero attached hydrogens (tertiary/aromatic N) is 4. The van der Waals surface area contributed by atoms with Crippen LogP contribution >= 0.6 is 11.3 Å². The van der Waals surface area contributed by atoms with Crippen LogP contribution in [0.15, 0.2) is 70.8 Å². The Morgan fingerprint density at radius 2 is 1.79 bits per heavy atom. The van der Waals surface area contributed by atoms with E-state index in [1.165, 1.54) is 22.1 Å². The van der Waals surface area contributed by atoms with Crippen molar-refractivity contribution >= 4 is 58.0 Å². The van der Waals surface area contributed by atoms with Gasteiger partial charge in [-0.05, 0) is 94.6 Å². The second-order valence-corrected chi connectivity index (χ2v) is 20.7. The SMILES string of the molecule is CC[C@H]1OC(=O)[C@H](C)C(=O)[C@H](C)[C@@H](O[C@@H]2O[C@H](C)C[C@H](N(C)C)[C@H]2O)[C@@](C)(CC#Cc2ccc(/C=N/OCC=Cc3cccc4ccccc34)s2)C[C@@H](C)C2=NCCN3C(=O)O[C@@]1(C)[C@H]3[C@H]2C. The van der Waals surface area contributed by atoms with E-state index in [-0.39, 0.29) is 36.2 Å². The summed E-state index contributed by atoms with van der Waals surface area (Å²) in [6, 6.07) is 17.6. The van der Waals surface area contributed by atoms with Gasteiger partial charge in [-0.15, -0.1) is 11.3 Å². The summed E-state index contributed by atoms with van der Waals surface area (Å²) in [6.45, 7) is 16.3. The average molecular weight is 937 g/mol. The van der Waals surface area contributed by atoms with E-state index in [1.54, 1.807) is 25.0 Å². The van der Waals surface area contributed by atoms with Gasteiger partial charge in [0.25, 0.3) is 0 Å². The number of benzene rings is 2. The third-order valence-electron chi connectivity index (χ3n) is 14.4. The standard InChI is InChI=1S/C53H68N4O9S/c1-11-43-53(8)47-34(4)44(54-26-27-57(47)51(61)66-53)32(2)30-52(7,48(35(5)45(58)36(6)49(60)64-43)65-50-46(59)42(56(9)10)29-33(3)63-50)25-15-21-39-23-24-40(67-39)31-55-62-28-16-20-38-19-14-18-37-17-12-13-22-41(37)38/h12-14,16-20,22-24,31-36,42-43,46-48,50,59H,11,25-30H2,1-10H3/b20-16?,55-31+/t32-,33-,34+,35+,36-,42+,43-,46-,47-,48-,50+,52+,53-/m1/s1. The number of fused-ring (bicyclic) bond motifs is 2. The molecule has 14 heteroatoms. The molecular formula is C53H68N4O9S. The fourth-order valence-corrected chi connectivity index (χ4v) is 11.8. The first-order valence-corrected chi connectivity index (χ1v) is 24.6. The summed E-state index contributed by atoms with van der Waals surface area (Å²) in [6.07, 6.45) is 2.91. The summed E-state index contributed by atoms with van der Waals surface area (Å²) < 4.78 is 25.7. The van der Waals surface area contributed by atoms with Crippen LogP contribution < -0.4 is 0 Å². The predicted octanol–water partition coefficient (Wildman–Crippen LogP) is 8.40. The first-order valence-electron chi connectivity index (χ1n) is 23.8. The number of carbonyl (C=O) groups is 3. The van der Waals surface area contributed by atoms with Crippen LogP contribution in [0.3, 0.4) is 0 Å². The van der Waals surface area contributed by atoms with Crippen LogP contribution in [0.5, 0.6) is 0 Å². The predicted molar refractivity (Wildman–Crippen MR) is 262 cm³/mol. The number of hydrogen-bond acceptors (Lipinski definition) is 13. The number of hydrogen-bond donors (Lipinski definition) is 1. The lowest BCUT2D eigenvalue weighted by Gasteiger charge is -2.47. The summed E-state index contributed by atoms with van der Waals surface area (Å²) in [5, 5.41) is 18.3. The smallest absolute Gasteiger partial charge is 0.410 e. The molecule has 3 saturated heterocycles. The van der Waals surface area contributed by atoms with E-state index in [2.05, 4.69) is 62.0 Å². The molecule has 13 nitrogen and oxygen atoms in total. The van der Waals surface area contributed by atoms with E-state index in [9.17, 15) is 19.5 Å². The lowest BCUT2D eigenvalue weighted by molar-refractivity contribution is -0.286. The molecule has 3 aromatic rings. The Morgan fingerprint density at radius 3 is 2.55 bits per heavy atom. The molecule has 1 aromatic heterocycles. The molecule has 2 aromatic carbocycles. The van der Waals surface area contributed by atoms with Gasteiger partial charge >= 0.3 is 12.1 Å². The minimum atomic E-state index is -1.19. The summed E-state index contributed by atoms with van der Waals surface area (Å²) in [4.78, 5) is 58.5. The van der Waals surface area contributed by atoms with Crippen molar-refractivity contribution in [3.8, 4) is 11.8 Å². The first-order chi connectivity index (χ1) is 31.9. The molecule has 0 spiro atoms. The second-order valence-electron chi connectivity index (χ2n) is 19.6. The molecule has 2 bridgehead atoms. The van der Waals surface area contributed by atoms with Gasteiger partial charge in [-0.2, -0.15) is 0 Å². The summed E-state index contributed by atoms with van der Waals surface area (Å²) in [7, 11) is 3.83. The number of aliphatic imine (C=N–C) groups is 1. The summed E-state index contributed by atoms with van der Waals surface area (Å²) in [5.74, 6) is 3.28. The maximum atomic E-state index is 14.7. The van der Waals surface area contributed by atoms with E-state index < -0.39 is 65.6 Å². The molecule has 5 heterocycles. The Kier molecular flexibility index (Phi) is 15.8. The Morgan fingerprint density at radius 1 is 1.03 bits per heavy atom. The minimum absolute atomic E-state index is 0.171. The molecule has 0 radical (unpaired) electrons. The highest BCUT2D eigenvalue weighted by molar-refractivity contribution is 7.14. The molecular weight excluding hydrogens is 869 g/mol. The van der Waals surface area contributed by atoms with Crippen molar-refractivity contribution in [3.05, 3.63) is 76.0 Å². The number of esters is 1. The van der Waals surface area contributed by atoms with Crippen LogP contribution in [-0.4, -0.2) is 127 Å². The lowest BCUT2D eigenvalue weighted by Crippen LogP contribution is -2.58. The van der Waals surface area contributed by atoms with Gasteiger partial charge in [0.2, 0.25) is 0 Å². The minimum Gasteiger partial charge on any atom is -0.458 e. The van der Waals surface area contributed by atoms with Gasteiger partial charge in [0.15, 0.2) is 17.7 Å². The molecule has 0 saturated carbocycles. The normalized spacial score (nSPS) is 34.1. The quantitative estimate of drug-likeness (QED) is 0.0525. The number of aliphatic hydroxyl groups is 1. The van der Waals surface area contributed by atoms with Gasteiger partial charge in [-0.3, -0.25) is 19.5 Å². The lowest BCUT2D eigenvalue weighted by atomic mass is 9.66. The number of ketones is 1. The van der Waals surface area contributed by atoms with Crippen molar-refractivity contribution < 1.29 is 43.3 Å². The van der Waals surface area contributed by atoms with Crippen LogP contribution in [0.4, 0.5) is 4.79 Å². The van der Waals surface area contributed by atoms with Crippen LogP contribution in [0, 0.1) is 40.9 Å². The van der Waals surface area contributed by atoms with Gasteiger partial charge in [-0.1, -0.05) is 100 Å². The van der Waals surface area contributed by atoms with E-state index in [0.29, 0.717) is 39.0 Å². The van der Waals surface area contributed by atoms with Crippen LogP contribution in [0.2, 0.25) is 0 Å². The second kappa shape index (κ2) is 21.2. The topological polar surface area (TPSA) is 149 Å². The maximum absolute atomic E-state index is 14.7. The number of aliphatic hydroxyl groups excluding tert-OH is 1. The number of cyclic esters (lactones) is 1. The monoisotopic (exact) mass is 936 g/mol. The number of Topliss-reactive ketones (excluding diaryl/α,β-unsaturated/α-hetero) is 1. The number of ether oxygens (including phenoxy) is 4. The number of carbonyl (C=O) groups excluding carboxylic acids is 3. The molecule has 1 N–H and O–H groups in total. The molecule has 360 valence electrons. The average Bonchev–Trinajstić information content (AvgIpc) is 3.79. The number of rotatable bonds is 10. The van der Waals surface area contributed by atoms with Crippen molar-refractivity contribution in [2.75, 3.05) is 33.8 Å². The number of amides is 1. The Labute approximate surface area is 399 Å². The van der Waals surface area contributed by atoms with Crippen LogP contribution in [-0.2, 0) is 33.4 Å². The molecule has 4 aliphatic heterocycles. The fraction of sp³-hybridized carbons (Fsp3) is 0.566. The fourth-order valence-electron chi connectivity index (χ4n) is 11.0. The Bertz CT molecular complexity index is 2420. The third-order valence-corrected chi connectivity index (χ3v) is 15.3. The van der Waals surface area contributed by atoms with Crippen molar-refractivity contribution in [3.63, 3.8) is 0 Å². The zero-order valence-electron chi connectivity index (χ0n) is 40.6. The van der Waals surface area contributed by atoms with Crippen LogP contribution in [0.1, 0.15) is 96.4 Å². The molecule has 1 amide bonds. The molecule has 4 aliphatic rings. The molecule has 67 heavy (non-hydrogen) atoms. The molecule has 13 atom stereocenters. The van der Waals surface area contributed by atoms with Crippen molar-refractivity contribution in [1.82, 2.24) is 9.80 Å². The highest BCUT2D eigenvalue weighted by Gasteiger charge is 2.60. The van der Waals surface area contributed by atoms with Crippen LogP contribution in [0.25, 0.3) is 16.8 Å². The zero-order valence-corrected chi connectivity index (χ0v) is 41.5.